The SMILES string of the molecule is CBr.CC.CCO.CCOC=O.CCl.CF.O=CN=CC/C=C/c1ccccc1.O=CN=CCCc1ccc2ccccc2c1.O=CN=CCCc1ccccc1.O=CN=CCCc1ccccc1.O=CN=CCCc1ccccc1.O=CN=CCCc1ccccc1.O=CN=CCCc1ccccc1.O=CN=CCCc1ccccc1.O=CN=CCCc1ccccc1.[C-]#[N+]C. The van der Waals surface area contributed by atoms with Crippen molar-refractivity contribution in [2.24, 2.45) is 44.9 Å². The molecule has 0 saturated heterocycles. The fourth-order valence-corrected chi connectivity index (χ4v) is 9.70. The first kappa shape index (κ1) is 129. The molecule has 10 aromatic carbocycles. The molecule has 25 heteroatoms. The van der Waals surface area contributed by atoms with Crippen molar-refractivity contribution >= 4 is 164 Å². The highest BCUT2D eigenvalue weighted by Crippen LogP contribution is 2.17. The highest BCUT2D eigenvalue weighted by atomic mass is 79.9. The number of halogens is 3. The Kier molecular flexibility index (Phi) is 112. The van der Waals surface area contributed by atoms with Crippen molar-refractivity contribution < 1.29 is 62.2 Å². The summed E-state index contributed by atoms with van der Waals surface area (Å²) in [6.45, 7) is 14.4. The first-order chi connectivity index (χ1) is 65.1. The number of rotatable bonds is 38. The number of aryl methyl sites for hydroxylation is 8. The molecule has 0 atom stereocenters. The Balaban J connectivity index is -0.000000330. The number of alkyl halides is 3. The summed E-state index contributed by atoms with van der Waals surface area (Å²) in [5, 5.41) is 10.1. The second-order valence-corrected chi connectivity index (χ2v) is 24.5. The van der Waals surface area contributed by atoms with Crippen molar-refractivity contribution in [2.75, 3.05) is 39.7 Å². The predicted octanol–water partition coefficient (Wildman–Crippen LogP) is 22.4. The average Bonchev–Trinajstić information content (AvgIpc) is 0.845. The number of nitrogens with zero attached hydrogens (tertiary/aromatic N) is 10. The second-order valence-electron chi connectivity index (χ2n) is 24.5. The van der Waals surface area contributed by atoms with E-state index in [1.165, 1.54) is 68.7 Å². The molecule has 0 spiro atoms. The first-order valence-electron chi connectivity index (χ1n) is 42.2. The largest absolute Gasteiger partial charge is 0.468 e. The van der Waals surface area contributed by atoms with Gasteiger partial charge in [-0.05, 0) is 183 Å². The molecule has 0 bridgehead atoms. The number of fused-ring (bicyclic) bond motifs is 1. The van der Waals surface area contributed by atoms with Crippen LogP contribution in [0.15, 0.2) is 336 Å². The van der Waals surface area contributed by atoms with Crippen LogP contribution >= 0.6 is 27.5 Å². The molecular formula is C107H131BrClFN10O12. The maximum absolute atomic E-state index is 9.99. The minimum Gasteiger partial charge on any atom is -0.468 e. The van der Waals surface area contributed by atoms with Crippen molar-refractivity contribution in [1.82, 2.24) is 0 Å². The van der Waals surface area contributed by atoms with Crippen molar-refractivity contribution in [3.05, 3.63) is 353 Å². The fourth-order valence-electron chi connectivity index (χ4n) is 9.70. The quantitative estimate of drug-likeness (QED) is 0.0163. The van der Waals surface area contributed by atoms with E-state index in [1.54, 1.807) is 69.8 Å². The van der Waals surface area contributed by atoms with E-state index in [0.717, 1.165) is 108 Å². The Morgan fingerprint density at radius 3 is 0.705 bits per heavy atom. The number of amides is 9. The summed E-state index contributed by atoms with van der Waals surface area (Å²) in [5.41, 5.74) is 11.3. The van der Waals surface area contributed by atoms with Gasteiger partial charge in [-0.2, -0.15) is 0 Å². The summed E-state index contributed by atoms with van der Waals surface area (Å²) in [4.78, 5) is 132. The van der Waals surface area contributed by atoms with Crippen molar-refractivity contribution in [3.8, 4) is 0 Å². The van der Waals surface area contributed by atoms with E-state index in [9.17, 15) is 52.3 Å². The number of aliphatic imine (C=N–C) groups is 9. The lowest BCUT2D eigenvalue weighted by atomic mass is 10.0. The van der Waals surface area contributed by atoms with Gasteiger partial charge >= 0.3 is 0 Å². The third kappa shape index (κ3) is 95.0. The van der Waals surface area contributed by atoms with Crippen LogP contribution in [-0.4, -0.2) is 165 Å². The molecule has 0 radical (unpaired) electrons. The topological polar surface area (TPSA) is 316 Å². The Hall–Kier alpha value is -14.1. The van der Waals surface area contributed by atoms with Gasteiger partial charge in [0.1, 0.15) is 0 Å². The zero-order valence-electron chi connectivity index (χ0n) is 77.2. The van der Waals surface area contributed by atoms with Crippen molar-refractivity contribution in [3.63, 3.8) is 0 Å². The maximum atomic E-state index is 9.99. The Morgan fingerprint density at radius 2 is 0.508 bits per heavy atom. The Morgan fingerprint density at radius 1 is 0.318 bits per heavy atom. The summed E-state index contributed by atoms with van der Waals surface area (Å²) >= 11 is 7.58. The Labute approximate surface area is 795 Å². The number of ether oxygens (including phenoxy) is 1. The lowest BCUT2D eigenvalue weighted by Crippen LogP contribution is -1.86. The zero-order valence-corrected chi connectivity index (χ0v) is 79.6. The van der Waals surface area contributed by atoms with Crippen LogP contribution in [0.4, 0.5) is 4.39 Å². The van der Waals surface area contributed by atoms with E-state index in [-0.39, 0.29) is 6.61 Å². The molecule has 9 amide bonds. The summed E-state index contributed by atoms with van der Waals surface area (Å²) in [6, 6.07) is 95.6. The highest BCUT2D eigenvalue weighted by Gasteiger charge is 1.97. The smallest absolute Gasteiger partial charge is 0.293 e. The van der Waals surface area contributed by atoms with Crippen LogP contribution in [0.3, 0.4) is 0 Å². The van der Waals surface area contributed by atoms with Gasteiger partial charge in [-0.25, -0.2) is 51.5 Å². The summed E-state index contributed by atoms with van der Waals surface area (Å²) < 4.78 is 13.7. The summed E-state index contributed by atoms with van der Waals surface area (Å²) in [7, 11) is 1.92. The van der Waals surface area contributed by atoms with E-state index in [1.807, 2.05) is 202 Å². The molecule has 0 fully saturated rings. The normalized spacial score (nSPS) is 9.63. The number of benzene rings is 10. The molecule has 0 saturated carbocycles. The number of hydrogen-bond acceptors (Lipinski definition) is 12. The monoisotopic (exact) mass is 1880 g/mol. The predicted molar refractivity (Wildman–Crippen MR) is 555 cm³/mol. The van der Waals surface area contributed by atoms with Crippen molar-refractivity contribution in [2.45, 2.75) is 137 Å². The van der Waals surface area contributed by atoms with Crippen molar-refractivity contribution in [1.29, 1.82) is 0 Å². The van der Waals surface area contributed by atoms with E-state index >= 15 is 0 Å². The van der Waals surface area contributed by atoms with Gasteiger partial charge in [0.25, 0.3) is 6.47 Å². The molecule has 702 valence electrons. The van der Waals surface area contributed by atoms with Crippen LogP contribution in [0.1, 0.15) is 136 Å². The Bertz CT molecular complexity index is 4070. The van der Waals surface area contributed by atoms with E-state index in [0.29, 0.717) is 84.4 Å². The van der Waals surface area contributed by atoms with Gasteiger partial charge < -0.3 is 14.7 Å². The molecular weight excluding hydrogens is 1750 g/mol. The third-order valence-corrected chi connectivity index (χ3v) is 15.3. The maximum Gasteiger partial charge on any atom is 0.293 e. The second kappa shape index (κ2) is 115. The number of aliphatic hydroxyl groups is 1. The van der Waals surface area contributed by atoms with Crippen LogP contribution in [-0.2, 0) is 104 Å². The van der Waals surface area contributed by atoms with Crippen LogP contribution in [0, 0.1) is 6.57 Å². The van der Waals surface area contributed by atoms with Crippen LogP contribution in [0.5, 0.6) is 0 Å². The lowest BCUT2D eigenvalue weighted by molar-refractivity contribution is -0.128. The van der Waals surface area contributed by atoms with Gasteiger partial charge in [-0.15, -0.1) is 11.6 Å². The van der Waals surface area contributed by atoms with Crippen LogP contribution < -0.4 is 0 Å². The van der Waals surface area contributed by atoms with Gasteiger partial charge in [0, 0.05) is 75.3 Å². The minimum atomic E-state index is 0.250. The van der Waals surface area contributed by atoms with Gasteiger partial charge in [0.2, 0.25) is 64.7 Å². The molecule has 132 heavy (non-hydrogen) atoms. The van der Waals surface area contributed by atoms with E-state index < -0.39 is 0 Å². The molecule has 0 aromatic heterocycles. The molecule has 0 unspecified atom stereocenters. The van der Waals surface area contributed by atoms with E-state index in [2.05, 4.69) is 197 Å². The molecule has 22 nitrogen and oxygen atoms in total. The summed E-state index contributed by atoms with van der Waals surface area (Å²) in [5.74, 6) is 1.81. The fraction of sp³-hybridized carbons (Fsp3) is 0.252. The first-order valence-corrected chi connectivity index (χ1v) is 44.5. The third-order valence-electron chi connectivity index (χ3n) is 15.3. The number of carbonyl (C=O) groups excluding carboxylic acids is 10. The lowest BCUT2D eigenvalue weighted by Gasteiger charge is -2.01. The van der Waals surface area contributed by atoms with Gasteiger partial charge in [0.05, 0.1) is 13.8 Å². The molecule has 0 aliphatic heterocycles. The van der Waals surface area contributed by atoms with E-state index in [4.69, 9.17) is 11.7 Å². The molecule has 0 aliphatic rings. The molecule has 0 heterocycles. The zero-order chi connectivity index (χ0) is 98.6. The minimum absolute atomic E-state index is 0.250. The van der Waals surface area contributed by atoms with Crippen LogP contribution in [0.2, 0.25) is 0 Å². The standard InChI is InChI=1S/C14H13NO.C11H11NO.7C10H11NO.C3H6O2.C2H3N.C2H6O.C2H6.CH3Br.CH3Cl.CH3F/c16-11-15-9-3-4-12-7-8-13-5-1-2-6-14(13)10-12;13-10-12-9-5-4-8-11-6-2-1-3-7-11;7*12-9-11-8-4-7-10-5-2-1-3-6-10;1-2-5-3-4;1-3-2;1-2-3;4*1-2/h1-2,5-11H,3-4H2;1-4,6-10H,5H2;7*1-3,5-6,8-9H,4,7H2;3H,2H2,1H3;1H3;3H,2H2,1H3;1-2H3;3*1H3/b;8-4+,12-9?;;;;;;;;;;;;;;. The molecule has 10 aromatic rings. The van der Waals surface area contributed by atoms with Crippen LogP contribution in [0.25, 0.3) is 21.7 Å². The molecule has 0 aliphatic carbocycles. The molecule has 10 rings (SSSR count). The number of carbonyl (C=O) groups is 10. The highest BCUT2D eigenvalue weighted by molar-refractivity contribution is 9.08. The van der Waals surface area contributed by atoms with Gasteiger partial charge in [-0.1, -0.05) is 327 Å². The molecule has 1 N–H and O–H groups in total. The number of allylic oxidation sites excluding steroid dienone is 1. The average molecular weight is 1880 g/mol. The number of aliphatic hydroxyl groups excluding tert-OH is 1. The summed E-state index contributed by atoms with van der Waals surface area (Å²) in [6.07, 6.45) is 39.9. The van der Waals surface area contributed by atoms with Gasteiger partial charge in [0.15, 0.2) is 0 Å². The number of hydrogen-bond donors (Lipinski definition) is 1. The van der Waals surface area contributed by atoms with Gasteiger partial charge in [-0.3, -0.25) is 52.3 Å².